The molecule has 2 aliphatic rings. The van der Waals surface area contributed by atoms with Crippen molar-refractivity contribution in [2.24, 2.45) is 11.8 Å². The van der Waals surface area contributed by atoms with Gasteiger partial charge in [-0.3, -0.25) is 19.3 Å². The minimum absolute atomic E-state index is 0.0184. The molecule has 1 aromatic carbocycles. The zero-order valence-corrected chi connectivity index (χ0v) is 17.7. The van der Waals surface area contributed by atoms with Crippen LogP contribution in [0.3, 0.4) is 0 Å². The number of nitrogens with one attached hydrogen (secondary N) is 1. The average Bonchev–Trinajstić information content (AvgIpc) is 2.96. The van der Waals surface area contributed by atoms with Crippen LogP contribution in [-0.4, -0.2) is 55.5 Å². The van der Waals surface area contributed by atoms with Gasteiger partial charge < -0.3 is 5.32 Å². The van der Waals surface area contributed by atoms with Crippen molar-refractivity contribution in [2.45, 2.75) is 50.1 Å². The van der Waals surface area contributed by atoms with Gasteiger partial charge in [-0.15, -0.1) is 0 Å². The van der Waals surface area contributed by atoms with Gasteiger partial charge in [-0.05, 0) is 31.4 Å². The third-order valence-corrected chi connectivity index (χ3v) is 7.74. The van der Waals surface area contributed by atoms with Crippen LogP contribution < -0.4 is 5.32 Å². The summed E-state index contributed by atoms with van der Waals surface area (Å²) in [6, 6.07) is 5.49. The Kier molecular flexibility index (Phi) is 6.09. The maximum Gasteiger partial charge on any atom is 0.243 e. The van der Waals surface area contributed by atoms with E-state index in [1.807, 2.05) is 0 Å². The molecule has 1 aliphatic carbocycles. The lowest BCUT2D eigenvalue weighted by molar-refractivity contribution is -0.147. The first-order valence-corrected chi connectivity index (χ1v) is 11.2. The molecule has 0 spiro atoms. The number of benzene rings is 1. The van der Waals surface area contributed by atoms with E-state index in [0.717, 1.165) is 22.0 Å². The molecule has 2 fully saturated rings. The van der Waals surface area contributed by atoms with Crippen molar-refractivity contribution in [3.63, 3.8) is 0 Å². The molecule has 3 atom stereocenters. The fraction of sp³-hybridized carbons (Fsp3) is 0.550. The molecule has 1 saturated carbocycles. The van der Waals surface area contributed by atoms with Crippen LogP contribution >= 0.6 is 0 Å². The highest BCUT2D eigenvalue weighted by molar-refractivity contribution is 7.89. The molecule has 9 heteroatoms. The van der Waals surface area contributed by atoms with Gasteiger partial charge in [0.2, 0.25) is 27.7 Å². The van der Waals surface area contributed by atoms with E-state index in [2.05, 4.69) is 5.32 Å². The number of amides is 3. The number of rotatable bonds is 6. The lowest BCUT2D eigenvalue weighted by atomic mass is 9.81. The van der Waals surface area contributed by atoms with E-state index < -0.39 is 22.0 Å². The van der Waals surface area contributed by atoms with Crippen LogP contribution in [0, 0.1) is 11.8 Å². The second-order valence-electron chi connectivity index (χ2n) is 7.83. The van der Waals surface area contributed by atoms with Crippen LogP contribution in [-0.2, 0) is 31.0 Å². The SMILES string of the molecule is C[C@@H](C(=O)NCc1ccccc1S(=O)(=O)N(C)C)N1C(=O)[C@H]2CCCC[C@H]2C1=O. The van der Waals surface area contributed by atoms with E-state index in [4.69, 9.17) is 0 Å². The van der Waals surface area contributed by atoms with Crippen LogP contribution in [0.1, 0.15) is 38.2 Å². The first kappa shape index (κ1) is 21.4. The fourth-order valence-electron chi connectivity index (χ4n) is 4.12. The van der Waals surface area contributed by atoms with Crippen molar-refractivity contribution in [2.75, 3.05) is 14.1 Å². The summed E-state index contributed by atoms with van der Waals surface area (Å²) in [5, 5.41) is 2.68. The average molecular weight is 422 g/mol. The molecule has 158 valence electrons. The minimum Gasteiger partial charge on any atom is -0.350 e. The van der Waals surface area contributed by atoms with Gasteiger partial charge in [0.15, 0.2) is 0 Å². The van der Waals surface area contributed by atoms with E-state index in [0.29, 0.717) is 18.4 Å². The van der Waals surface area contributed by atoms with Gasteiger partial charge in [0.1, 0.15) is 6.04 Å². The summed E-state index contributed by atoms with van der Waals surface area (Å²) in [5.74, 6) is -1.63. The van der Waals surface area contributed by atoms with Crippen LogP contribution in [0.4, 0.5) is 0 Å². The lowest BCUT2D eigenvalue weighted by Crippen LogP contribution is -2.48. The maximum absolute atomic E-state index is 12.7. The van der Waals surface area contributed by atoms with Gasteiger partial charge in [0, 0.05) is 20.6 Å². The summed E-state index contributed by atoms with van der Waals surface area (Å²) in [4.78, 5) is 39.2. The number of fused-ring (bicyclic) bond motifs is 1. The Morgan fingerprint density at radius 1 is 1.14 bits per heavy atom. The zero-order valence-electron chi connectivity index (χ0n) is 16.9. The summed E-state index contributed by atoms with van der Waals surface area (Å²) in [6.45, 7) is 1.51. The predicted octanol–water partition coefficient (Wildman–Crippen LogP) is 1.12. The molecule has 0 bridgehead atoms. The van der Waals surface area contributed by atoms with Gasteiger partial charge >= 0.3 is 0 Å². The first-order valence-electron chi connectivity index (χ1n) is 9.81. The highest BCUT2D eigenvalue weighted by Crippen LogP contribution is 2.38. The van der Waals surface area contributed by atoms with E-state index in [1.54, 1.807) is 18.2 Å². The summed E-state index contributed by atoms with van der Waals surface area (Å²) in [5.41, 5.74) is 0.439. The molecule has 3 rings (SSSR count). The standard InChI is InChI=1S/C20H27N3O5S/c1-13(23-19(25)15-9-5-6-10-16(15)20(23)26)18(24)21-12-14-8-4-7-11-17(14)29(27,28)22(2)3/h4,7-8,11,13,15-16H,5-6,9-10,12H2,1-3H3,(H,21,24)/t13-,15-,16+/m0/s1. The Labute approximate surface area is 171 Å². The minimum atomic E-state index is -3.66. The molecule has 1 heterocycles. The Morgan fingerprint density at radius 2 is 1.69 bits per heavy atom. The topological polar surface area (TPSA) is 104 Å². The largest absolute Gasteiger partial charge is 0.350 e. The highest BCUT2D eigenvalue weighted by Gasteiger charge is 2.50. The monoisotopic (exact) mass is 421 g/mol. The number of hydrogen-bond donors (Lipinski definition) is 1. The van der Waals surface area contributed by atoms with Crippen LogP contribution in [0.15, 0.2) is 29.2 Å². The van der Waals surface area contributed by atoms with Crippen LogP contribution in [0.2, 0.25) is 0 Å². The number of likely N-dealkylation sites (tertiary alicyclic amines) is 1. The van der Waals surface area contributed by atoms with E-state index >= 15 is 0 Å². The quantitative estimate of drug-likeness (QED) is 0.693. The second-order valence-corrected chi connectivity index (χ2v) is 9.95. The van der Waals surface area contributed by atoms with E-state index in [1.165, 1.54) is 27.1 Å². The number of hydrogen-bond acceptors (Lipinski definition) is 5. The van der Waals surface area contributed by atoms with Gasteiger partial charge in [0.05, 0.1) is 16.7 Å². The first-order chi connectivity index (χ1) is 13.7. The third kappa shape index (κ3) is 3.93. The molecule has 0 radical (unpaired) electrons. The summed E-state index contributed by atoms with van der Waals surface area (Å²) >= 11 is 0. The van der Waals surface area contributed by atoms with E-state index in [-0.39, 0.29) is 35.1 Å². The third-order valence-electron chi connectivity index (χ3n) is 5.83. The molecule has 0 unspecified atom stereocenters. The lowest BCUT2D eigenvalue weighted by Gasteiger charge is -2.23. The molecule has 1 aliphatic heterocycles. The van der Waals surface area contributed by atoms with Crippen molar-refractivity contribution in [3.05, 3.63) is 29.8 Å². The van der Waals surface area contributed by atoms with Crippen molar-refractivity contribution >= 4 is 27.7 Å². The maximum atomic E-state index is 12.7. The normalized spacial score (nSPS) is 23.2. The molecular weight excluding hydrogens is 394 g/mol. The molecule has 0 aromatic heterocycles. The van der Waals surface area contributed by atoms with Crippen molar-refractivity contribution < 1.29 is 22.8 Å². The number of carbonyl (C=O) groups excluding carboxylic acids is 3. The van der Waals surface area contributed by atoms with Gasteiger partial charge in [-0.2, -0.15) is 0 Å². The molecule has 1 N–H and O–H groups in total. The van der Waals surface area contributed by atoms with Gasteiger partial charge in [-0.1, -0.05) is 31.0 Å². The van der Waals surface area contributed by atoms with Gasteiger partial charge in [0.25, 0.3) is 0 Å². The van der Waals surface area contributed by atoms with E-state index in [9.17, 15) is 22.8 Å². The molecule has 1 saturated heterocycles. The Balaban J connectivity index is 1.72. The number of carbonyl (C=O) groups is 3. The molecule has 3 amide bonds. The molecule has 29 heavy (non-hydrogen) atoms. The summed E-state index contributed by atoms with van der Waals surface area (Å²) in [7, 11) is -0.777. The Morgan fingerprint density at radius 3 is 2.24 bits per heavy atom. The number of imide groups is 1. The highest BCUT2D eigenvalue weighted by atomic mass is 32.2. The summed E-state index contributed by atoms with van der Waals surface area (Å²) in [6.07, 6.45) is 3.23. The zero-order chi connectivity index (χ0) is 21.3. The van der Waals surface area contributed by atoms with Crippen molar-refractivity contribution in [1.82, 2.24) is 14.5 Å². The molecular formula is C20H27N3O5S. The smallest absolute Gasteiger partial charge is 0.243 e. The Hall–Kier alpha value is -2.26. The molecule has 1 aromatic rings. The summed E-state index contributed by atoms with van der Waals surface area (Å²) < 4.78 is 26.1. The van der Waals surface area contributed by atoms with Crippen LogP contribution in [0.5, 0.6) is 0 Å². The number of nitrogens with zero attached hydrogens (tertiary/aromatic N) is 2. The van der Waals surface area contributed by atoms with Crippen molar-refractivity contribution in [1.29, 1.82) is 0 Å². The van der Waals surface area contributed by atoms with Crippen molar-refractivity contribution in [3.8, 4) is 0 Å². The Bertz CT molecular complexity index is 904. The fourth-order valence-corrected chi connectivity index (χ4v) is 5.23. The van der Waals surface area contributed by atoms with Crippen LogP contribution in [0.25, 0.3) is 0 Å². The molecule has 8 nitrogen and oxygen atoms in total. The van der Waals surface area contributed by atoms with Gasteiger partial charge in [-0.25, -0.2) is 12.7 Å². The second kappa shape index (κ2) is 8.23. The predicted molar refractivity (Wildman–Crippen MR) is 106 cm³/mol. The number of sulfonamides is 1.